The van der Waals surface area contributed by atoms with Crippen molar-refractivity contribution >= 4 is 11.7 Å². The van der Waals surface area contributed by atoms with Gasteiger partial charge in [0.05, 0.1) is 12.8 Å². The molecule has 0 spiro atoms. The molecular formula is C17H19N3O4. The molecule has 0 N–H and O–H groups in total. The van der Waals surface area contributed by atoms with Gasteiger partial charge in [-0.15, -0.1) is 0 Å². The Kier molecular flexibility index (Phi) is 5.13. The number of carbonyl (C=O) groups excluding carboxylic acids is 2. The molecule has 2 rings (SSSR count). The van der Waals surface area contributed by atoms with Crippen LogP contribution in [-0.2, 0) is 9.59 Å². The lowest BCUT2D eigenvalue weighted by Gasteiger charge is -2.19. The molecule has 1 unspecified atom stereocenters. The van der Waals surface area contributed by atoms with Crippen molar-refractivity contribution in [2.75, 3.05) is 21.2 Å². The maximum absolute atomic E-state index is 12.3. The quantitative estimate of drug-likeness (QED) is 0.768. The van der Waals surface area contributed by atoms with Crippen molar-refractivity contribution < 1.29 is 14.3 Å². The van der Waals surface area contributed by atoms with Crippen LogP contribution in [0, 0.1) is 0 Å². The van der Waals surface area contributed by atoms with Gasteiger partial charge < -0.3 is 9.64 Å². The lowest BCUT2D eigenvalue weighted by molar-refractivity contribution is -0.138. The molecule has 0 bridgehead atoms. The van der Waals surface area contributed by atoms with Crippen LogP contribution in [0.15, 0.2) is 41.2 Å². The molecule has 0 aliphatic rings. The van der Waals surface area contributed by atoms with Crippen molar-refractivity contribution in [3.8, 4) is 17.0 Å². The molecule has 7 heteroatoms. The standard InChI is InChI=1S/C17H19N3O4/c1-11(21)16(17(23)19(2)3)20-15(22)10-9-14(18-20)12-5-7-13(24-4)8-6-12/h5-10,16H,1-4H3. The Bertz CT molecular complexity index is 809. The van der Waals surface area contributed by atoms with Gasteiger partial charge in [-0.2, -0.15) is 5.10 Å². The van der Waals surface area contributed by atoms with E-state index in [0.717, 1.165) is 10.2 Å². The van der Waals surface area contributed by atoms with E-state index in [1.807, 2.05) is 0 Å². The van der Waals surface area contributed by atoms with Gasteiger partial charge in [-0.05, 0) is 37.3 Å². The minimum absolute atomic E-state index is 0.449. The molecule has 1 aromatic carbocycles. The van der Waals surface area contributed by atoms with E-state index in [4.69, 9.17) is 4.74 Å². The van der Waals surface area contributed by atoms with Gasteiger partial charge in [-0.3, -0.25) is 14.4 Å². The Labute approximate surface area is 139 Å². The lowest BCUT2D eigenvalue weighted by atomic mass is 10.1. The van der Waals surface area contributed by atoms with Crippen molar-refractivity contribution in [3.05, 3.63) is 46.8 Å². The van der Waals surface area contributed by atoms with Crippen molar-refractivity contribution in [2.45, 2.75) is 13.0 Å². The fraction of sp³-hybridized carbons (Fsp3) is 0.294. The average Bonchev–Trinajstić information content (AvgIpc) is 2.56. The number of rotatable bonds is 5. The van der Waals surface area contributed by atoms with E-state index in [-0.39, 0.29) is 0 Å². The Balaban J connectivity index is 2.52. The molecule has 2 aromatic rings. The minimum Gasteiger partial charge on any atom is -0.497 e. The first-order valence-electron chi connectivity index (χ1n) is 7.31. The number of ketones is 1. The molecule has 0 radical (unpaired) electrons. The fourth-order valence-corrected chi connectivity index (χ4v) is 2.22. The van der Waals surface area contributed by atoms with Gasteiger partial charge in [0, 0.05) is 25.7 Å². The third kappa shape index (κ3) is 3.51. The largest absolute Gasteiger partial charge is 0.497 e. The van der Waals surface area contributed by atoms with Crippen LogP contribution in [0.4, 0.5) is 0 Å². The molecule has 1 amide bonds. The van der Waals surface area contributed by atoms with Crippen molar-refractivity contribution in [2.24, 2.45) is 0 Å². The summed E-state index contributed by atoms with van der Waals surface area (Å²) in [5.41, 5.74) is 0.710. The number of benzene rings is 1. The van der Waals surface area contributed by atoms with Gasteiger partial charge >= 0.3 is 0 Å². The molecular weight excluding hydrogens is 310 g/mol. The number of hydrogen-bond donors (Lipinski definition) is 0. The Morgan fingerprint density at radius 2 is 1.75 bits per heavy atom. The summed E-state index contributed by atoms with van der Waals surface area (Å²) in [5, 5.41) is 4.22. The number of likely N-dealkylation sites (N-methyl/N-ethyl adjacent to an activating group) is 1. The average molecular weight is 329 g/mol. The highest BCUT2D eigenvalue weighted by Crippen LogP contribution is 2.20. The molecule has 0 fully saturated rings. The normalized spacial score (nSPS) is 11.7. The van der Waals surface area contributed by atoms with Crippen molar-refractivity contribution in [3.63, 3.8) is 0 Å². The summed E-state index contributed by atoms with van der Waals surface area (Å²) in [4.78, 5) is 37.6. The van der Waals surface area contributed by atoms with E-state index in [1.54, 1.807) is 37.4 Å². The molecule has 1 atom stereocenters. The lowest BCUT2D eigenvalue weighted by Crippen LogP contribution is -2.41. The second-order valence-electron chi connectivity index (χ2n) is 5.48. The van der Waals surface area contributed by atoms with Crippen LogP contribution in [0.25, 0.3) is 11.3 Å². The van der Waals surface area contributed by atoms with Crippen LogP contribution < -0.4 is 10.3 Å². The second kappa shape index (κ2) is 7.08. The van der Waals surface area contributed by atoms with Crippen LogP contribution in [0.1, 0.15) is 13.0 Å². The number of hydrogen-bond acceptors (Lipinski definition) is 5. The predicted molar refractivity (Wildman–Crippen MR) is 88.9 cm³/mol. The summed E-state index contributed by atoms with van der Waals surface area (Å²) >= 11 is 0. The van der Waals surface area contributed by atoms with Crippen LogP contribution >= 0.6 is 0 Å². The minimum atomic E-state index is -1.27. The van der Waals surface area contributed by atoms with Crippen LogP contribution in [0.3, 0.4) is 0 Å². The van der Waals surface area contributed by atoms with E-state index >= 15 is 0 Å². The molecule has 0 aliphatic carbocycles. The van der Waals surface area contributed by atoms with Gasteiger partial charge in [0.15, 0.2) is 11.8 Å². The molecule has 0 aliphatic heterocycles. The Morgan fingerprint density at radius 3 is 2.25 bits per heavy atom. The monoisotopic (exact) mass is 329 g/mol. The number of amides is 1. The van der Waals surface area contributed by atoms with E-state index in [1.165, 1.54) is 32.0 Å². The highest BCUT2D eigenvalue weighted by molar-refractivity contribution is 6.02. The first-order valence-corrected chi connectivity index (χ1v) is 7.31. The third-order valence-corrected chi connectivity index (χ3v) is 3.52. The number of nitrogens with zero attached hydrogens (tertiary/aromatic N) is 3. The molecule has 1 aromatic heterocycles. The first kappa shape index (κ1) is 17.4. The van der Waals surface area contributed by atoms with Gasteiger partial charge in [0.2, 0.25) is 0 Å². The summed E-state index contributed by atoms with van der Waals surface area (Å²) in [6.07, 6.45) is 0. The number of Topliss-reactive ketones (excluding diaryl/α,β-unsaturated/α-hetero) is 1. The van der Waals surface area contributed by atoms with Crippen molar-refractivity contribution in [1.29, 1.82) is 0 Å². The molecule has 7 nitrogen and oxygen atoms in total. The van der Waals surface area contributed by atoms with E-state index in [0.29, 0.717) is 11.4 Å². The maximum atomic E-state index is 12.3. The zero-order valence-electron chi connectivity index (χ0n) is 14.0. The summed E-state index contributed by atoms with van der Waals surface area (Å²) in [6, 6.07) is 8.67. The number of aromatic nitrogens is 2. The van der Waals surface area contributed by atoms with Gasteiger partial charge in [0.25, 0.3) is 11.5 Å². The second-order valence-corrected chi connectivity index (χ2v) is 5.48. The summed E-state index contributed by atoms with van der Waals surface area (Å²) in [7, 11) is 4.62. The molecule has 24 heavy (non-hydrogen) atoms. The number of methoxy groups -OCH3 is 1. The van der Waals surface area contributed by atoms with E-state index in [9.17, 15) is 14.4 Å². The smallest absolute Gasteiger partial charge is 0.267 e. The maximum Gasteiger partial charge on any atom is 0.267 e. The fourth-order valence-electron chi connectivity index (χ4n) is 2.22. The zero-order chi connectivity index (χ0) is 17.9. The first-order chi connectivity index (χ1) is 11.3. The molecule has 0 saturated heterocycles. The van der Waals surface area contributed by atoms with Crippen LogP contribution in [-0.4, -0.2) is 47.6 Å². The van der Waals surface area contributed by atoms with Crippen molar-refractivity contribution in [1.82, 2.24) is 14.7 Å². The summed E-state index contributed by atoms with van der Waals surface area (Å²) in [6.45, 7) is 1.26. The third-order valence-electron chi connectivity index (χ3n) is 3.52. The Morgan fingerprint density at radius 1 is 1.12 bits per heavy atom. The van der Waals surface area contributed by atoms with Crippen LogP contribution in [0.5, 0.6) is 5.75 Å². The SMILES string of the molecule is COc1ccc(-c2ccc(=O)n(C(C(C)=O)C(=O)N(C)C)n2)cc1. The summed E-state index contributed by atoms with van der Waals surface area (Å²) < 4.78 is 6.04. The number of ether oxygens (including phenoxy) is 1. The highest BCUT2D eigenvalue weighted by atomic mass is 16.5. The number of carbonyl (C=O) groups is 2. The topological polar surface area (TPSA) is 81.5 Å². The summed E-state index contributed by atoms with van der Waals surface area (Å²) in [5.74, 6) is -0.254. The Hall–Kier alpha value is -2.96. The van der Waals surface area contributed by atoms with Crippen LogP contribution in [0.2, 0.25) is 0 Å². The van der Waals surface area contributed by atoms with Gasteiger partial charge in [-0.1, -0.05) is 0 Å². The zero-order valence-corrected chi connectivity index (χ0v) is 14.0. The molecule has 126 valence electrons. The molecule has 0 saturated carbocycles. The van der Waals surface area contributed by atoms with Gasteiger partial charge in [-0.25, -0.2) is 4.68 Å². The highest BCUT2D eigenvalue weighted by Gasteiger charge is 2.29. The van der Waals surface area contributed by atoms with E-state index in [2.05, 4.69) is 5.10 Å². The van der Waals surface area contributed by atoms with E-state index < -0.39 is 23.3 Å². The molecule has 1 heterocycles. The van der Waals surface area contributed by atoms with Gasteiger partial charge in [0.1, 0.15) is 5.75 Å². The predicted octanol–water partition coefficient (Wildman–Crippen LogP) is 1.14.